The first kappa shape index (κ1) is 25.7. The minimum Gasteiger partial charge on any atom is -0.444 e. The second-order valence-corrected chi connectivity index (χ2v) is 12.3. The van der Waals surface area contributed by atoms with E-state index in [1.54, 1.807) is 0 Å². The van der Waals surface area contributed by atoms with Crippen molar-refractivity contribution in [1.29, 1.82) is 0 Å². The van der Waals surface area contributed by atoms with Gasteiger partial charge in [-0.25, -0.2) is 14.8 Å². The van der Waals surface area contributed by atoms with Gasteiger partial charge in [-0.3, -0.25) is 0 Å². The zero-order valence-electron chi connectivity index (χ0n) is 23.3. The van der Waals surface area contributed by atoms with E-state index in [4.69, 9.17) is 14.7 Å². The number of anilines is 2. The summed E-state index contributed by atoms with van der Waals surface area (Å²) < 4.78 is 5.65. The van der Waals surface area contributed by atoms with Crippen molar-refractivity contribution >= 4 is 17.7 Å². The van der Waals surface area contributed by atoms with Gasteiger partial charge in [-0.2, -0.15) is 0 Å². The number of alkyl carbamates (subject to hydrolysis) is 1. The monoisotopic (exact) mass is 525 g/mol. The number of amides is 1. The Morgan fingerprint density at radius 1 is 0.949 bits per heavy atom. The van der Waals surface area contributed by atoms with Gasteiger partial charge in [0.25, 0.3) is 0 Å². The summed E-state index contributed by atoms with van der Waals surface area (Å²) in [5, 5.41) is 3.25. The quantitative estimate of drug-likeness (QED) is 0.436. The van der Waals surface area contributed by atoms with Crippen LogP contribution in [0.3, 0.4) is 0 Å². The third kappa shape index (κ3) is 5.19. The predicted molar refractivity (Wildman–Crippen MR) is 154 cm³/mol. The van der Waals surface area contributed by atoms with E-state index in [0.29, 0.717) is 6.04 Å². The molecule has 7 nitrogen and oxygen atoms in total. The molecule has 1 N–H and O–H groups in total. The fourth-order valence-electron chi connectivity index (χ4n) is 6.78. The Kier molecular flexibility index (Phi) is 6.69. The number of fused-ring (bicyclic) bond motifs is 1. The molecule has 0 unspecified atom stereocenters. The molecule has 6 rings (SSSR count). The van der Waals surface area contributed by atoms with Gasteiger partial charge in [-0.1, -0.05) is 54.6 Å². The van der Waals surface area contributed by atoms with Gasteiger partial charge in [0.15, 0.2) is 0 Å². The van der Waals surface area contributed by atoms with Crippen LogP contribution in [0.5, 0.6) is 0 Å². The van der Waals surface area contributed by atoms with Crippen molar-refractivity contribution in [2.24, 2.45) is 5.41 Å². The van der Waals surface area contributed by atoms with Crippen LogP contribution in [-0.2, 0) is 11.2 Å². The normalized spacial score (nSPS) is 22.1. The highest BCUT2D eigenvalue weighted by atomic mass is 16.6. The van der Waals surface area contributed by atoms with Gasteiger partial charge in [0.2, 0.25) is 0 Å². The van der Waals surface area contributed by atoms with Gasteiger partial charge in [0.05, 0.1) is 24.5 Å². The molecule has 0 saturated carbocycles. The van der Waals surface area contributed by atoms with Crippen molar-refractivity contribution in [3.05, 3.63) is 83.7 Å². The molecule has 2 saturated heterocycles. The van der Waals surface area contributed by atoms with Crippen molar-refractivity contribution in [2.45, 2.75) is 70.6 Å². The van der Waals surface area contributed by atoms with Crippen molar-refractivity contribution in [3.63, 3.8) is 0 Å². The standard InChI is InChI=1S/C32H39N5O2/c1-31(2,3)39-30(38)35-29-25-13-8-7-12-24(25)20-32(29)15-18-36(19-16-32)27-21-34-28(22-33-27)37-17-9-14-26(37)23-10-5-4-6-11-23/h4-8,10-13,21-22,26,29H,9,14-20H2,1-3H3,(H,35,38)/t26-,29+/m0/s1. The van der Waals surface area contributed by atoms with Gasteiger partial charge >= 0.3 is 6.09 Å². The summed E-state index contributed by atoms with van der Waals surface area (Å²) in [5.41, 5.74) is 3.34. The van der Waals surface area contributed by atoms with Gasteiger partial charge < -0.3 is 19.9 Å². The summed E-state index contributed by atoms with van der Waals surface area (Å²) >= 11 is 0. The lowest BCUT2D eigenvalue weighted by Gasteiger charge is -2.43. The smallest absolute Gasteiger partial charge is 0.408 e. The molecule has 7 heteroatoms. The summed E-state index contributed by atoms with van der Waals surface area (Å²) in [7, 11) is 0. The maximum Gasteiger partial charge on any atom is 0.408 e. The minimum atomic E-state index is -0.528. The van der Waals surface area contributed by atoms with Crippen LogP contribution >= 0.6 is 0 Å². The minimum absolute atomic E-state index is 0.0249. The zero-order chi connectivity index (χ0) is 27.0. The van der Waals surface area contributed by atoms with E-state index in [1.165, 1.54) is 16.7 Å². The van der Waals surface area contributed by atoms with Crippen molar-refractivity contribution in [3.8, 4) is 0 Å². The molecule has 2 aromatic carbocycles. The number of benzene rings is 2. The first-order chi connectivity index (χ1) is 18.8. The summed E-state index contributed by atoms with van der Waals surface area (Å²) in [5.74, 6) is 1.88. The number of nitrogens with one attached hydrogen (secondary N) is 1. The Morgan fingerprint density at radius 3 is 2.36 bits per heavy atom. The molecule has 2 aliphatic heterocycles. The Morgan fingerprint density at radius 2 is 1.64 bits per heavy atom. The van der Waals surface area contributed by atoms with E-state index in [1.807, 2.05) is 33.2 Å². The van der Waals surface area contributed by atoms with Gasteiger partial charge in [0, 0.05) is 25.0 Å². The van der Waals surface area contributed by atoms with Crippen LogP contribution in [0.15, 0.2) is 67.0 Å². The number of hydrogen-bond acceptors (Lipinski definition) is 6. The molecule has 0 radical (unpaired) electrons. The number of ether oxygens (including phenoxy) is 1. The average molecular weight is 526 g/mol. The molecule has 3 aromatic rings. The van der Waals surface area contributed by atoms with Crippen LogP contribution in [-0.4, -0.2) is 41.3 Å². The summed E-state index contributed by atoms with van der Waals surface area (Å²) in [6, 6.07) is 19.5. The maximum atomic E-state index is 12.8. The van der Waals surface area contributed by atoms with E-state index >= 15 is 0 Å². The van der Waals surface area contributed by atoms with Gasteiger partial charge in [-0.15, -0.1) is 0 Å². The van der Waals surface area contributed by atoms with Crippen LogP contribution in [0, 0.1) is 5.41 Å². The Balaban J connectivity index is 1.15. The molecule has 204 valence electrons. The highest BCUT2D eigenvalue weighted by molar-refractivity contribution is 5.69. The maximum absolute atomic E-state index is 12.8. The molecule has 2 atom stereocenters. The second kappa shape index (κ2) is 10.2. The third-order valence-corrected chi connectivity index (χ3v) is 8.62. The van der Waals surface area contributed by atoms with Crippen LogP contribution in [0.25, 0.3) is 0 Å². The van der Waals surface area contributed by atoms with Crippen LogP contribution in [0.1, 0.15) is 75.2 Å². The Labute approximate surface area is 231 Å². The first-order valence-electron chi connectivity index (χ1n) is 14.3. The number of aromatic nitrogens is 2. The van der Waals surface area contributed by atoms with Crippen molar-refractivity contribution < 1.29 is 9.53 Å². The Hall–Kier alpha value is -3.61. The molecule has 1 aliphatic carbocycles. The molecular formula is C32H39N5O2. The lowest BCUT2D eigenvalue weighted by atomic mass is 9.72. The molecule has 3 aliphatic rings. The van der Waals surface area contributed by atoms with E-state index in [2.05, 4.69) is 69.7 Å². The molecule has 2 fully saturated rings. The topological polar surface area (TPSA) is 70.6 Å². The average Bonchev–Trinajstić information content (AvgIpc) is 3.53. The van der Waals surface area contributed by atoms with Gasteiger partial charge in [-0.05, 0) is 69.6 Å². The molecule has 39 heavy (non-hydrogen) atoms. The number of piperidine rings is 1. The first-order valence-corrected chi connectivity index (χ1v) is 14.3. The van der Waals surface area contributed by atoms with E-state index in [-0.39, 0.29) is 17.6 Å². The van der Waals surface area contributed by atoms with Crippen LogP contribution in [0.4, 0.5) is 16.4 Å². The predicted octanol–water partition coefficient (Wildman–Crippen LogP) is 6.23. The van der Waals surface area contributed by atoms with E-state index in [0.717, 1.165) is 63.4 Å². The fraction of sp³-hybridized carbons (Fsp3) is 0.469. The number of hydrogen-bond donors (Lipinski definition) is 1. The lowest BCUT2D eigenvalue weighted by Crippen LogP contribution is -2.48. The second-order valence-electron chi connectivity index (χ2n) is 12.3. The summed E-state index contributed by atoms with van der Waals surface area (Å²) in [6.45, 7) is 8.48. The van der Waals surface area contributed by atoms with E-state index in [9.17, 15) is 4.79 Å². The number of carbonyl (C=O) groups excluding carboxylic acids is 1. The zero-order valence-corrected chi connectivity index (χ0v) is 23.3. The molecule has 1 aromatic heterocycles. The third-order valence-electron chi connectivity index (χ3n) is 8.62. The van der Waals surface area contributed by atoms with Crippen molar-refractivity contribution in [1.82, 2.24) is 15.3 Å². The molecule has 3 heterocycles. The summed E-state index contributed by atoms with van der Waals surface area (Å²) in [6.07, 6.45) is 8.75. The molecule has 1 amide bonds. The molecule has 1 spiro atoms. The highest BCUT2D eigenvalue weighted by Crippen LogP contribution is 2.52. The Bertz CT molecular complexity index is 1300. The van der Waals surface area contributed by atoms with Crippen LogP contribution in [0.2, 0.25) is 0 Å². The lowest BCUT2D eigenvalue weighted by molar-refractivity contribution is 0.0428. The SMILES string of the molecule is CC(C)(C)OC(=O)N[C@@H]1c2ccccc2CC12CCN(c1cnc(N3CCC[C@H]3c3ccccc3)cn1)CC2. The van der Waals surface area contributed by atoms with E-state index < -0.39 is 5.60 Å². The van der Waals surface area contributed by atoms with Gasteiger partial charge in [0.1, 0.15) is 17.2 Å². The summed E-state index contributed by atoms with van der Waals surface area (Å²) in [4.78, 5) is 27.3. The fourth-order valence-corrected chi connectivity index (χ4v) is 6.78. The largest absolute Gasteiger partial charge is 0.444 e. The highest BCUT2D eigenvalue weighted by Gasteiger charge is 2.48. The van der Waals surface area contributed by atoms with Crippen molar-refractivity contribution in [2.75, 3.05) is 29.4 Å². The molecule has 0 bridgehead atoms. The van der Waals surface area contributed by atoms with Crippen LogP contribution < -0.4 is 15.1 Å². The number of carbonyl (C=O) groups is 1. The number of nitrogens with zero attached hydrogens (tertiary/aromatic N) is 4. The molecular weight excluding hydrogens is 486 g/mol. The number of rotatable bonds is 4.